The van der Waals surface area contributed by atoms with E-state index < -0.39 is 12.1 Å². The summed E-state index contributed by atoms with van der Waals surface area (Å²) in [7, 11) is 1.82. The van der Waals surface area contributed by atoms with Crippen molar-refractivity contribution in [2.24, 2.45) is 7.05 Å². The number of anilines is 1. The van der Waals surface area contributed by atoms with Gasteiger partial charge in [-0.05, 0) is 56.0 Å². The molecule has 1 aliphatic heterocycles. The van der Waals surface area contributed by atoms with Gasteiger partial charge in [0.1, 0.15) is 12.6 Å². The molecule has 1 saturated carbocycles. The van der Waals surface area contributed by atoms with Gasteiger partial charge in [0, 0.05) is 30.5 Å². The Hall–Kier alpha value is -3.81. The minimum Gasteiger partial charge on any atom is -0.485 e. The van der Waals surface area contributed by atoms with Crippen LogP contribution in [0.5, 0.6) is 11.5 Å². The molecular formula is C30H36N4O4. The molecule has 2 atom stereocenters. The highest BCUT2D eigenvalue weighted by Gasteiger charge is 2.41. The zero-order valence-electron chi connectivity index (χ0n) is 22.4. The molecule has 0 bridgehead atoms. The minimum absolute atomic E-state index is 0.0579. The summed E-state index contributed by atoms with van der Waals surface area (Å²) in [6.45, 7) is 4.01. The van der Waals surface area contributed by atoms with Gasteiger partial charge in [0.25, 0.3) is 5.91 Å². The molecule has 38 heavy (non-hydrogen) atoms. The van der Waals surface area contributed by atoms with Gasteiger partial charge in [-0.3, -0.25) is 19.2 Å². The average Bonchev–Trinajstić information content (AvgIpc) is 3.28. The SMILES string of the molecule is CCc1ccc(N(C(=O)[C@@H]2COc3ccccc3O2)[C@H](C(=O)NC2CCCCC2)c2cn(C)nc2C)cc1. The second-order valence-electron chi connectivity index (χ2n) is 10.2. The van der Waals surface area contributed by atoms with Crippen molar-refractivity contribution in [3.05, 3.63) is 71.5 Å². The van der Waals surface area contributed by atoms with Gasteiger partial charge in [-0.25, -0.2) is 0 Å². The second kappa shape index (κ2) is 11.3. The molecule has 3 aromatic rings. The Morgan fingerprint density at radius 2 is 1.79 bits per heavy atom. The number of hydrogen-bond donors (Lipinski definition) is 1. The number of aryl methyl sites for hydroxylation is 3. The van der Waals surface area contributed by atoms with Crippen LogP contribution in [0.25, 0.3) is 0 Å². The van der Waals surface area contributed by atoms with Crippen LogP contribution in [0.4, 0.5) is 5.69 Å². The Kier molecular flexibility index (Phi) is 7.67. The molecule has 2 amide bonds. The first-order chi connectivity index (χ1) is 18.4. The van der Waals surface area contributed by atoms with Gasteiger partial charge >= 0.3 is 0 Å². The molecule has 8 heteroatoms. The Bertz CT molecular complexity index is 1280. The molecule has 0 saturated heterocycles. The van der Waals surface area contributed by atoms with Gasteiger partial charge in [0.05, 0.1) is 5.69 Å². The third-order valence-corrected chi connectivity index (χ3v) is 7.45. The van der Waals surface area contributed by atoms with Crippen molar-refractivity contribution in [3.8, 4) is 11.5 Å². The highest BCUT2D eigenvalue weighted by atomic mass is 16.6. The molecule has 0 spiro atoms. The fourth-order valence-corrected chi connectivity index (χ4v) is 5.40. The molecule has 2 aromatic carbocycles. The Balaban J connectivity index is 1.56. The lowest BCUT2D eigenvalue weighted by atomic mass is 9.94. The number of fused-ring (bicyclic) bond motifs is 1. The molecule has 2 aliphatic rings. The molecule has 1 N–H and O–H groups in total. The molecule has 1 fully saturated rings. The van der Waals surface area contributed by atoms with Crippen LogP contribution < -0.4 is 19.7 Å². The third-order valence-electron chi connectivity index (χ3n) is 7.45. The number of hydrogen-bond acceptors (Lipinski definition) is 5. The predicted molar refractivity (Wildman–Crippen MR) is 145 cm³/mol. The van der Waals surface area contributed by atoms with Crippen molar-refractivity contribution in [1.29, 1.82) is 0 Å². The zero-order chi connectivity index (χ0) is 26.6. The van der Waals surface area contributed by atoms with Crippen LogP contribution in [0.15, 0.2) is 54.7 Å². The van der Waals surface area contributed by atoms with Crippen molar-refractivity contribution in [2.45, 2.75) is 70.6 Å². The molecule has 2 heterocycles. The molecule has 0 radical (unpaired) electrons. The summed E-state index contributed by atoms with van der Waals surface area (Å²) in [5, 5.41) is 7.77. The van der Waals surface area contributed by atoms with Crippen LogP contribution >= 0.6 is 0 Å². The number of nitrogens with zero attached hydrogens (tertiary/aromatic N) is 3. The van der Waals surface area contributed by atoms with Gasteiger partial charge in [-0.2, -0.15) is 5.10 Å². The summed E-state index contributed by atoms with van der Waals surface area (Å²) in [6.07, 6.45) is 7.06. The number of carbonyl (C=O) groups is 2. The molecule has 1 aromatic heterocycles. The van der Waals surface area contributed by atoms with E-state index in [1.807, 2.05) is 62.6 Å². The monoisotopic (exact) mass is 516 g/mol. The normalized spacial score (nSPS) is 18.0. The van der Waals surface area contributed by atoms with Crippen LogP contribution in [-0.2, 0) is 23.1 Å². The lowest BCUT2D eigenvalue weighted by Gasteiger charge is -2.36. The van der Waals surface area contributed by atoms with Gasteiger partial charge < -0.3 is 14.8 Å². The summed E-state index contributed by atoms with van der Waals surface area (Å²) in [4.78, 5) is 30.0. The maximum Gasteiger partial charge on any atom is 0.272 e. The highest BCUT2D eigenvalue weighted by molar-refractivity contribution is 6.03. The molecular weight excluding hydrogens is 480 g/mol. The second-order valence-corrected chi connectivity index (χ2v) is 10.2. The Morgan fingerprint density at radius 3 is 2.45 bits per heavy atom. The van der Waals surface area contributed by atoms with Crippen LogP contribution in [-0.4, -0.2) is 40.3 Å². The third kappa shape index (κ3) is 5.39. The number of aromatic nitrogens is 2. The summed E-state index contributed by atoms with van der Waals surface area (Å²) >= 11 is 0. The van der Waals surface area contributed by atoms with Crippen LogP contribution in [0, 0.1) is 6.92 Å². The van der Waals surface area contributed by atoms with E-state index in [1.165, 1.54) is 6.42 Å². The maximum atomic E-state index is 14.3. The van der Waals surface area contributed by atoms with Crippen molar-refractivity contribution in [2.75, 3.05) is 11.5 Å². The maximum absolute atomic E-state index is 14.3. The first-order valence-electron chi connectivity index (χ1n) is 13.6. The van der Waals surface area contributed by atoms with Gasteiger partial charge in [0.15, 0.2) is 11.5 Å². The number of amides is 2. The summed E-state index contributed by atoms with van der Waals surface area (Å²) < 4.78 is 13.7. The Morgan fingerprint density at radius 1 is 1.08 bits per heavy atom. The average molecular weight is 517 g/mol. The molecule has 8 nitrogen and oxygen atoms in total. The van der Waals surface area contributed by atoms with Crippen molar-refractivity contribution >= 4 is 17.5 Å². The van der Waals surface area contributed by atoms with Crippen LogP contribution in [0.3, 0.4) is 0 Å². The smallest absolute Gasteiger partial charge is 0.272 e. The lowest BCUT2D eigenvalue weighted by molar-refractivity contribution is -0.132. The number of carbonyl (C=O) groups excluding carboxylic acids is 2. The van der Waals surface area contributed by atoms with Gasteiger partial charge in [0.2, 0.25) is 12.0 Å². The predicted octanol–water partition coefficient (Wildman–Crippen LogP) is 4.65. The number of rotatable bonds is 7. The van der Waals surface area contributed by atoms with Crippen molar-refractivity contribution < 1.29 is 19.1 Å². The summed E-state index contributed by atoms with van der Waals surface area (Å²) in [6, 6.07) is 14.3. The van der Waals surface area contributed by atoms with E-state index in [4.69, 9.17) is 9.47 Å². The van der Waals surface area contributed by atoms with E-state index in [0.29, 0.717) is 28.4 Å². The van der Waals surface area contributed by atoms with E-state index in [-0.39, 0.29) is 24.5 Å². The summed E-state index contributed by atoms with van der Waals surface area (Å²) in [5.41, 5.74) is 3.16. The van der Waals surface area contributed by atoms with Crippen molar-refractivity contribution in [1.82, 2.24) is 15.1 Å². The molecule has 5 rings (SSSR count). The standard InChI is InChI=1S/C30H36N4O4/c1-4-21-14-16-23(17-15-21)34(30(36)27-19-37-25-12-8-9-13-26(25)38-27)28(24-18-33(3)32-20(24)2)29(35)31-22-10-6-5-7-11-22/h8-9,12-18,22,27-28H,4-7,10-11,19H2,1-3H3,(H,31,35)/t27-,28-/m0/s1. The Labute approximate surface area is 223 Å². The first-order valence-corrected chi connectivity index (χ1v) is 13.6. The van der Waals surface area contributed by atoms with E-state index in [0.717, 1.165) is 37.7 Å². The largest absolute Gasteiger partial charge is 0.485 e. The van der Waals surface area contributed by atoms with Crippen molar-refractivity contribution in [3.63, 3.8) is 0 Å². The van der Waals surface area contributed by atoms with Crippen LogP contribution in [0.1, 0.15) is 61.9 Å². The first kappa shape index (κ1) is 25.8. The van der Waals surface area contributed by atoms with Gasteiger partial charge in [-0.15, -0.1) is 0 Å². The van der Waals surface area contributed by atoms with Crippen LogP contribution in [0.2, 0.25) is 0 Å². The van der Waals surface area contributed by atoms with E-state index in [2.05, 4.69) is 17.3 Å². The van der Waals surface area contributed by atoms with Gasteiger partial charge in [-0.1, -0.05) is 50.5 Å². The lowest BCUT2D eigenvalue weighted by Crippen LogP contribution is -2.52. The minimum atomic E-state index is -0.911. The zero-order valence-corrected chi connectivity index (χ0v) is 22.4. The number of nitrogens with one attached hydrogen (secondary N) is 1. The van der Waals surface area contributed by atoms with E-state index >= 15 is 0 Å². The number of para-hydroxylation sites is 2. The molecule has 200 valence electrons. The highest BCUT2D eigenvalue weighted by Crippen LogP contribution is 2.35. The number of ether oxygens (including phenoxy) is 2. The van der Waals surface area contributed by atoms with E-state index in [9.17, 15) is 9.59 Å². The number of benzene rings is 2. The van der Waals surface area contributed by atoms with E-state index in [1.54, 1.807) is 15.6 Å². The molecule has 0 unspecified atom stereocenters. The fraction of sp³-hybridized carbons (Fsp3) is 0.433. The topological polar surface area (TPSA) is 85.7 Å². The summed E-state index contributed by atoms with van der Waals surface area (Å²) in [5.74, 6) is 0.568. The fourth-order valence-electron chi connectivity index (χ4n) is 5.40. The molecule has 1 aliphatic carbocycles. The quantitative estimate of drug-likeness (QED) is 0.494.